The van der Waals surface area contributed by atoms with Gasteiger partial charge in [0.15, 0.2) is 0 Å². The third kappa shape index (κ3) is 3.83. The zero-order valence-corrected chi connectivity index (χ0v) is 14.4. The molecule has 22 heavy (non-hydrogen) atoms. The van der Waals surface area contributed by atoms with E-state index in [-0.39, 0.29) is 22.5 Å². The number of thioether (sulfide) groups is 1. The lowest BCUT2D eigenvalue weighted by molar-refractivity contribution is -0.140. The van der Waals surface area contributed by atoms with Crippen LogP contribution in [0.15, 0.2) is 24.3 Å². The summed E-state index contributed by atoms with van der Waals surface area (Å²) in [6, 6.07) is 7.75. The number of hydrogen-bond donors (Lipinski definition) is 0. The van der Waals surface area contributed by atoms with E-state index in [1.807, 2.05) is 24.3 Å². The maximum Gasteiger partial charge on any atom is 0.320 e. The van der Waals surface area contributed by atoms with E-state index in [1.54, 1.807) is 16.7 Å². The van der Waals surface area contributed by atoms with Crippen molar-refractivity contribution in [1.29, 1.82) is 0 Å². The minimum Gasteiger partial charge on any atom is -0.468 e. The normalized spacial score (nSPS) is 18.9. The molecule has 0 aromatic heterocycles. The summed E-state index contributed by atoms with van der Waals surface area (Å²) in [5, 5.41) is -0.281. The van der Waals surface area contributed by atoms with E-state index in [4.69, 9.17) is 4.74 Å². The van der Waals surface area contributed by atoms with Gasteiger partial charge in [0.05, 0.1) is 7.11 Å². The highest BCUT2D eigenvalue weighted by molar-refractivity contribution is 8.00. The van der Waals surface area contributed by atoms with E-state index < -0.39 is 0 Å². The SMILES string of the molecule is COC(=O)[C@@H]1CN(C(=O)c2ccc(C(C)(C)C)cc2)CCS1. The molecule has 5 heteroatoms. The third-order valence-electron chi connectivity index (χ3n) is 3.82. The Morgan fingerprint density at radius 1 is 1.23 bits per heavy atom. The highest BCUT2D eigenvalue weighted by Crippen LogP contribution is 2.24. The van der Waals surface area contributed by atoms with Crippen LogP contribution in [0.5, 0.6) is 0 Å². The van der Waals surface area contributed by atoms with Crippen molar-refractivity contribution in [1.82, 2.24) is 4.90 Å². The molecule has 0 bridgehead atoms. The Bertz CT molecular complexity index is 548. The standard InChI is InChI=1S/C17H23NO3S/c1-17(2,3)13-7-5-12(6-8-13)15(19)18-9-10-22-14(11-18)16(20)21-4/h5-8,14H,9-11H2,1-4H3/t14-/m0/s1. The number of carbonyl (C=O) groups is 2. The number of hydrogen-bond acceptors (Lipinski definition) is 4. The number of ether oxygens (including phenoxy) is 1. The molecular weight excluding hydrogens is 298 g/mol. The number of nitrogens with zero attached hydrogens (tertiary/aromatic N) is 1. The minimum absolute atomic E-state index is 0.0188. The molecule has 1 atom stereocenters. The molecule has 1 heterocycles. The van der Waals surface area contributed by atoms with Crippen molar-refractivity contribution in [2.24, 2.45) is 0 Å². The molecule has 0 saturated carbocycles. The van der Waals surface area contributed by atoms with E-state index in [1.165, 1.54) is 12.7 Å². The summed E-state index contributed by atoms with van der Waals surface area (Å²) in [5.74, 6) is 0.478. The molecule has 0 radical (unpaired) electrons. The van der Waals surface area contributed by atoms with Crippen molar-refractivity contribution in [3.63, 3.8) is 0 Å². The molecule has 1 amide bonds. The maximum atomic E-state index is 12.6. The fourth-order valence-corrected chi connectivity index (χ4v) is 3.53. The third-order valence-corrected chi connectivity index (χ3v) is 4.98. The van der Waals surface area contributed by atoms with Gasteiger partial charge in [-0.2, -0.15) is 0 Å². The molecule has 1 saturated heterocycles. The van der Waals surface area contributed by atoms with Crippen molar-refractivity contribution in [2.45, 2.75) is 31.4 Å². The molecule has 1 aliphatic heterocycles. The molecule has 0 N–H and O–H groups in total. The lowest BCUT2D eigenvalue weighted by Crippen LogP contribution is -2.44. The van der Waals surface area contributed by atoms with Gasteiger partial charge in [0.1, 0.15) is 5.25 Å². The summed E-state index contributed by atoms with van der Waals surface area (Å²) in [7, 11) is 1.38. The van der Waals surface area contributed by atoms with Gasteiger partial charge >= 0.3 is 5.97 Å². The number of carbonyl (C=O) groups excluding carboxylic acids is 2. The molecule has 2 rings (SSSR count). The summed E-state index contributed by atoms with van der Waals surface area (Å²) >= 11 is 1.55. The molecule has 1 aromatic carbocycles. The molecular formula is C17H23NO3S. The number of benzene rings is 1. The van der Waals surface area contributed by atoms with Crippen LogP contribution in [0, 0.1) is 0 Å². The summed E-state index contributed by atoms with van der Waals surface area (Å²) in [6.07, 6.45) is 0. The van der Waals surface area contributed by atoms with E-state index >= 15 is 0 Å². The first-order chi connectivity index (χ1) is 10.3. The summed E-state index contributed by atoms with van der Waals surface area (Å²) in [5.41, 5.74) is 1.94. The lowest BCUT2D eigenvalue weighted by Gasteiger charge is -2.31. The van der Waals surface area contributed by atoms with Gasteiger partial charge in [0.2, 0.25) is 0 Å². The highest BCUT2D eigenvalue weighted by Gasteiger charge is 2.30. The van der Waals surface area contributed by atoms with Crippen molar-refractivity contribution in [2.75, 3.05) is 26.0 Å². The van der Waals surface area contributed by atoms with Crippen molar-refractivity contribution in [3.8, 4) is 0 Å². The number of methoxy groups -OCH3 is 1. The van der Waals surface area contributed by atoms with Crippen molar-refractivity contribution >= 4 is 23.6 Å². The van der Waals surface area contributed by atoms with E-state index in [0.717, 1.165) is 5.75 Å². The average molecular weight is 321 g/mol. The number of rotatable bonds is 2. The van der Waals surface area contributed by atoms with Gasteiger partial charge < -0.3 is 9.64 Å². The first-order valence-electron chi connectivity index (χ1n) is 7.42. The van der Waals surface area contributed by atoms with E-state index in [2.05, 4.69) is 20.8 Å². The quantitative estimate of drug-likeness (QED) is 0.786. The molecule has 4 nitrogen and oxygen atoms in total. The Kier molecular flexibility index (Phi) is 5.16. The van der Waals surface area contributed by atoms with Gasteiger partial charge in [-0.25, -0.2) is 0 Å². The predicted molar refractivity (Wildman–Crippen MR) is 89.3 cm³/mol. The second kappa shape index (κ2) is 6.73. The molecule has 0 aliphatic carbocycles. The highest BCUT2D eigenvalue weighted by atomic mass is 32.2. The van der Waals surface area contributed by atoms with Crippen molar-refractivity contribution < 1.29 is 14.3 Å². The van der Waals surface area contributed by atoms with Crippen LogP contribution >= 0.6 is 11.8 Å². The van der Waals surface area contributed by atoms with E-state index in [9.17, 15) is 9.59 Å². The van der Waals surface area contributed by atoms with Crippen LogP contribution in [-0.4, -0.2) is 48.0 Å². The molecule has 1 aromatic rings. The average Bonchev–Trinajstić information content (AvgIpc) is 2.53. The second-order valence-electron chi connectivity index (χ2n) is 6.46. The summed E-state index contributed by atoms with van der Waals surface area (Å²) in [6.45, 7) is 7.52. The predicted octanol–water partition coefficient (Wildman–Crippen LogP) is 2.71. The monoisotopic (exact) mass is 321 g/mol. The van der Waals surface area contributed by atoms with Crippen molar-refractivity contribution in [3.05, 3.63) is 35.4 Å². The second-order valence-corrected chi connectivity index (χ2v) is 7.77. The topological polar surface area (TPSA) is 46.6 Å². The van der Waals surface area contributed by atoms with Crippen LogP contribution in [0.25, 0.3) is 0 Å². The van der Waals surface area contributed by atoms with Gasteiger partial charge in [-0.05, 0) is 23.1 Å². The van der Waals surface area contributed by atoms with Crippen LogP contribution in [0.4, 0.5) is 0 Å². The van der Waals surface area contributed by atoms with Crippen LogP contribution < -0.4 is 0 Å². The molecule has 1 aliphatic rings. The van der Waals surface area contributed by atoms with Gasteiger partial charge in [0.25, 0.3) is 5.91 Å². The molecule has 120 valence electrons. The fraction of sp³-hybridized carbons (Fsp3) is 0.529. The molecule has 1 fully saturated rings. The van der Waals surface area contributed by atoms with Crippen LogP contribution in [0.1, 0.15) is 36.7 Å². The van der Waals surface area contributed by atoms with Crippen LogP contribution in [-0.2, 0) is 14.9 Å². The number of amides is 1. The van der Waals surface area contributed by atoms with Gasteiger partial charge in [-0.3, -0.25) is 9.59 Å². The van der Waals surface area contributed by atoms with Crippen LogP contribution in [0.3, 0.4) is 0 Å². The Labute approximate surface area is 136 Å². The van der Waals surface area contributed by atoms with E-state index in [0.29, 0.717) is 18.7 Å². The summed E-state index contributed by atoms with van der Waals surface area (Å²) < 4.78 is 4.78. The largest absolute Gasteiger partial charge is 0.468 e. The smallest absolute Gasteiger partial charge is 0.320 e. The lowest BCUT2D eigenvalue weighted by atomic mass is 9.86. The Balaban J connectivity index is 2.09. The number of esters is 1. The van der Waals surface area contributed by atoms with Gasteiger partial charge in [0, 0.05) is 24.4 Å². The molecule has 0 unspecified atom stereocenters. The fourth-order valence-electron chi connectivity index (χ4n) is 2.40. The molecule has 0 spiro atoms. The Morgan fingerprint density at radius 2 is 1.86 bits per heavy atom. The first-order valence-corrected chi connectivity index (χ1v) is 8.47. The summed E-state index contributed by atoms with van der Waals surface area (Å²) in [4.78, 5) is 26.0. The Morgan fingerprint density at radius 3 is 2.41 bits per heavy atom. The minimum atomic E-state index is -0.281. The first kappa shape index (κ1) is 16.9. The maximum absolute atomic E-state index is 12.6. The van der Waals surface area contributed by atoms with Gasteiger partial charge in [-0.15, -0.1) is 11.8 Å². The Hall–Kier alpha value is -1.49. The van der Waals surface area contributed by atoms with Gasteiger partial charge in [-0.1, -0.05) is 32.9 Å². The van der Waals surface area contributed by atoms with Crippen LogP contribution in [0.2, 0.25) is 0 Å². The zero-order valence-electron chi connectivity index (χ0n) is 13.6. The zero-order chi connectivity index (χ0) is 16.3.